The van der Waals surface area contributed by atoms with Crippen molar-refractivity contribution in [3.05, 3.63) is 42.4 Å². The van der Waals surface area contributed by atoms with Crippen molar-refractivity contribution in [3.63, 3.8) is 0 Å². The Bertz CT molecular complexity index is 272. The van der Waals surface area contributed by atoms with Crippen molar-refractivity contribution in [2.24, 2.45) is 0 Å². The molecule has 1 rings (SSSR count). The zero-order chi connectivity index (χ0) is 8.10. The normalized spacial score (nSPS) is 9.33. The van der Waals surface area contributed by atoms with Crippen molar-refractivity contribution < 1.29 is 39.5 Å². The largest absolute Gasteiger partial charge is 1.00 e. The third kappa shape index (κ3) is 3.17. The van der Waals surface area contributed by atoms with E-state index >= 15 is 0 Å². The summed E-state index contributed by atoms with van der Waals surface area (Å²) in [7, 11) is 0. The maximum Gasteiger partial charge on any atom is 1.00 e. The van der Waals surface area contributed by atoms with E-state index in [4.69, 9.17) is 0 Å². The van der Waals surface area contributed by atoms with Crippen molar-refractivity contribution >= 4 is 5.78 Å². The number of aromatic nitrogens is 1. The molecule has 0 fully saturated rings. The van der Waals surface area contributed by atoms with Crippen molar-refractivity contribution in [2.75, 3.05) is 0 Å². The minimum atomic E-state index is -0.289. The van der Waals surface area contributed by atoms with Gasteiger partial charge in [0.2, 0.25) is 0 Å². The maximum absolute atomic E-state index is 10.9. The minimum absolute atomic E-state index is 0. The molecule has 0 spiro atoms. The fraction of sp³-hybridized carbons (Fsp3) is 0. The van der Waals surface area contributed by atoms with E-state index < -0.39 is 0 Å². The van der Waals surface area contributed by atoms with E-state index in [1.165, 1.54) is 12.4 Å². The Morgan fingerprint density at radius 3 is 2.50 bits per heavy atom. The van der Waals surface area contributed by atoms with Gasteiger partial charge in [0.1, 0.15) is 0 Å². The standard InChI is InChI=1S/C8H7NO2.Na/c10-6-3-8(11)7-1-4-9-5-2-7;/h1-6,10H;/q;+1/p-1. The average Bonchev–Trinajstić information content (AvgIpc) is 2.07. The predicted molar refractivity (Wildman–Crippen MR) is 37.7 cm³/mol. The summed E-state index contributed by atoms with van der Waals surface area (Å²) in [5.74, 6) is -0.289. The van der Waals surface area contributed by atoms with Crippen LogP contribution in [-0.2, 0) is 0 Å². The molecule has 0 bridgehead atoms. The Labute approximate surface area is 92.4 Å². The van der Waals surface area contributed by atoms with E-state index in [-0.39, 0.29) is 35.3 Å². The van der Waals surface area contributed by atoms with E-state index in [2.05, 4.69) is 4.98 Å². The molecule has 4 heteroatoms. The molecule has 0 aliphatic heterocycles. The smallest absolute Gasteiger partial charge is 0.878 e. The van der Waals surface area contributed by atoms with Crippen LogP contribution >= 0.6 is 0 Å². The molecule has 1 aromatic rings. The van der Waals surface area contributed by atoms with Crippen LogP contribution in [0.1, 0.15) is 10.4 Å². The van der Waals surface area contributed by atoms with Gasteiger partial charge in [-0.25, -0.2) is 0 Å². The van der Waals surface area contributed by atoms with Gasteiger partial charge < -0.3 is 5.11 Å². The van der Waals surface area contributed by atoms with Gasteiger partial charge in [0.05, 0.1) is 0 Å². The third-order valence-electron chi connectivity index (χ3n) is 1.18. The van der Waals surface area contributed by atoms with Gasteiger partial charge in [-0.3, -0.25) is 9.78 Å². The molecule has 0 N–H and O–H groups in total. The van der Waals surface area contributed by atoms with Crippen molar-refractivity contribution in [1.29, 1.82) is 0 Å². The average molecular weight is 171 g/mol. The van der Waals surface area contributed by atoms with E-state index in [9.17, 15) is 9.90 Å². The molecule has 0 unspecified atom stereocenters. The first-order chi connectivity index (χ1) is 5.34. The van der Waals surface area contributed by atoms with Gasteiger partial charge in [0.25, 0.3) is 0 Å². The molecule has 12 heavy (non-hydrogen) atoms. The molecule has 0 aromatic carbocycles. The number of rotatable bonds is 2. The monoisotopic (exact) mass is 171 g/mol. The van der Waals surface area contributed by atoms with Crippen LogP contribution in [0.2, 0.25) is 0 Å². The van der Waals surface area contributed by atoms with Crippen molar-refractivity contribution in [1.82, 2.24) is 4.98 Å². The van der Waals surface area contributed by atoms with Gasteiger partial charge in [-0.15, -0.1) is 6.26 Å². The molecular weight excluding hydrogens is 165 g/mol. The van der Waals surface area contributed by atoms with E-state index in [0.29, 0.717) is 11.8 Å². The van der Waals surface area contributed by atoms with Crippen LogP contribution in [0.4, 0.5) is 0 Å². The summed E-state index contributed by atoms with van der Waals surface area (Å²) in [6.07, 6.45) is 4.47. The maximum atomic E-state index is 10.9. The van der Waals surface area contributed by atoms with Crippen LogP contribution < -0.4 is 34.7 Å². The second-order valence-corrected chi connectivity index (χ2v) is 1.90. The van der Waals surface area contributed by atoms with Crippen LogP contribution in [0.25, 0.3) is 0 Å². The van der Waals surface area contributed by atoms with Crippen LogP contribution in [0.5, 0.6) is 0 Å². The molecule has 3 nitrogen and oxygen atoms in total. The van der Waals surface area contributed by atoms with Gasteiger partial charge in [-0.2, -0.15) is 0 Å². The molecule has 0 saturated heterocycles. The topological polar surface area (TPSA) is 53.0 Å². The third-order valence-corrected chi connectivity index (χ3v) is 1.18. The molecule has 1 heterocycles. The number of carbonyl (C=O) groups excluding carboxylic acids is 1. The molecule has 0 radical (unpaired) electrons. The molecule has 1 aromatic heterocycles. The Balaban J connectivity index is 0.00000121. The summed E-state index contributed by atoms with van der Waals surface area (Å²) in [4.78, 5) is 14.7. The summed E-state index contributed by atoms with van der Waals surface area (Å²) in [6, 6.07) is 3.12. The number of pyridine rings is 1. The fourth-order valence-electron chi connectivity index (χ4n) is 0.674. The summed E-state index contributed by atoms with van der Waals surface area (Å²) in [5.41, 5.74) is 0.479. The van der Waals surface area contributed by atoms with Gasteiger partial charge in [-0.05, 0) is 18.2 Å². The molecule has 0 aliphatic rings. The molecule has 0 aliphatic carbocycles. The van der Waals surface area contributed by atoms with E-state index in [1.807, 2.05) is 0 Å². The van der Waals surface area contributed by atoms with Crippen LogP contribution in [0.15, 0.2) is 36.9 Å². The molecule has 0 saturated carbocycles. The first-order valence-electron chi connectivity index (χ1n) is 3.07. The van der Waals surface area contributed by atoms with Gasteiger partial charge in [0, 0.05) is 18.0 Å². The number of hydrogen-bond acceptors (Lipinski definition) is 3. The number of hydrogen-bond donors (Lipinski definition) is 0. The predicted octanol–water partition coefficient (Wildman–Crippen LogP) is -2.86. The van der Waals surface area contributed by atoms with Crippen LogP contribution in [0, 0.1) is 0 Å². The fourth-order valence-corrected chi connectivity index (χ4v) is 0.674. The zero-order valence-corrected chi connectivity index (χ0v) is 8.73. The second kappa shape index (κ2) is 5.94. The first kappa shape index (κ1) is 11.4. The molecule has 0 atom stereocenters. The molecule has 56 valence electrons. The van der Waals surface area contributed by atoms with Crippen LogP contribution in [0.3, 0.4) is 0 Å². The summed E-state index contributed by atoms with van der Waals surface area (Å²) in [6.45, 7) is 0. The Morgan fingerprint density at radius 2 is 2.00 bits per heavy atom. The van der Waals surface area contributed by atoms with Crippen molar-refractivity contribution in [3.8, 4) is 0 Å². The SMILES string of the molecule is O=C(C=C[O-])c1ccncc1.[Na+]. The van der Waals surface area contributed by atoms with E-state index in [1.54, 1.807) is 12.1 Å². The zero-order valence-electron chi connectivity index (χ0n) is 6.73. The second-order valence-electron chi connectivity index (χ2n) is 1.90. The number of allylic oxidation sites excluding steroid dienone is 1. The molecule has 0 amide bonds. The summed E-state index contributed by atoms with van der Waals surface area (Å²) in [5, 5.41) is 9.90. The Morgan fingerprint density at radius 1 is 1.42 bits per heavy atom. The Kier molecular flexibility index (Phi) is 5.62. The summed E-state index contributed by atoms with van der Waals surface area (Å²) < 4.78 is 0. The number of nitrogens with zero attached hydrogens (tertiary/aromatic N) is 1. The van der Waals surface area contributed by atoms with Gasteiger partial charge in [0.15, 0.2) is 5.78 Å². The number of carbonyl (C=O) groups is 1. The minimum Gasteiger partial charge on any atom is -0.878 e. The van der Waals surface area contributed by atoms with Crippen LogP contribution in [-0.4, -0.2) is 10.8 Å². The van der Waals surface area contributed by atoms with Gasteiger partial charge in [-0.1, -0.05) is 0 Å². The first-order valence-corrected chi connectivity index (χ1v) is 3.07. The summed E-state index contributed by atoms with van der Waals surface area (Å²) >= 11 is 0. The molecular formula is C8H6NNaO2. The van der Waals surface area contributed by atoms with Crippen molar-refractivity contribution in [2.45, 2.75) is 0 Å². The van der Waals surface area contributed by atoms with Gasteiger partial charge >= 0.3 is 29.6 Å². The Hall–Kier alpha value is -0.640. The number of ketones is 1. The van der Waals surface area contributed by atoms with E-state index in [0.717, 1.165) is 6.08 Å². The quantitative estimate of drug-likeness (QED) is 0.208.